The Hall–Kier alpha value is -4.50. The number of carbonyl (C=O) groups excluding carboxylic acids is 2. The lowest BCUT2D eigenvalue weighted by molar-refractivity contribution is -0.122. The highest BCUT2D eigenvalue weighted by molar-refractivity contribution is 6.12. The fourth-order valence-electron chi connectivity index (χ4n) is 4.64. The number of para-hydroxylation sites is 1. The summed E-state index contributed by atoms with van der Waals surface area (Å²) in [6.07, 6.45) is 1.37. The largest absolute Gasteiger partial charge is 0.348 e. The summed E-state index contributed by atoms with van der Waals surface area (Å²) in [6.45, 7) is 1.83. The fourth-order valence-corrected chi connectivity index (χ4v) is 4.64. The summed E-state index contributed by atoms with van der Waals surface area (Å²) in [7, 11) is 0. The Morgan fingerprint density at radius 1 is 0.943 bits per heavy atom. The molecule has 1 aromatic heterocycles. The van der Waals surface area contributed by atoms with Gasteiger partial charge in [-0.15, -0.1) is 0 Å². The van der Waals surface area contributed by atoms with Crippen LogP contribution in [0.25, 0.3) is 16.9 Å². The summed E-state index contributed by atoms with van der Waals surface area (Å²) in [6, 6.07) is 28.7. The third kappa shape index (κ3) is 4.13. The summed E-state index contributed by atoms with van der Waals surface area (Å²) < 4.78 is 1.76. The first-order valence-corrected chi connectivity index (χ1v) is 11.6. The fraction of sp³-hybridized carbons (Fsp3) is 0.172. The lowest BCUT2D eigenvalue weighted by Gasteiger charge is -2.19. The van der Waals surface area contributed by atoms with Crippen molar-refractivity contribution in [1.82, 2.24) is 15.1 Å². The Labute approximate surface area is 203 Å². The first-order chi connectivity index (χ1) is 17.1. The zero-order valence-electron chi connectivity index (χ0n) is 19.3. The second-order valence-corrected chi connectivity index (χ2v) is 8.65. The first-order valence-electron chi connectivity index (χ1n) is 11.6. The van der Waals surface area contributed by atoms with Gasteiger partial charge in [0.25, 0.3) is 0 Å². The van der Waals surface area contributed by atoms with Crippen molar-refractivity contribution in [2.24, 2.45) is 5.92 Å². The highest BCUT2D eigenvalue weighted by Crippen LogP contribution is 2.37. The SMILES string of the molecule is CC(NC(=O)C(C#N)C(=O)c1nn(-c2ccccc2)c2c1CCc1ccccc1-2)c1ccccc1. The molecule has 2 atom stereocenters. The lowest BCUT2D eigenvalue weighted by atomic mass is 9.87. The van der Waals surface area contributed by atoms with E-state index in [-0.39, 0.29) is 11.7 Å². The first kappa shape index (κ1) is 22.3. The van der Waals surface area contributed by atoms with E-state index in [9.17, 15) is 14.9 Å². The van der Waals surface area contributed by atoms with Gasteiger partial charge >= 0.3 is 0 Å². The predicted octanol–water partition coefficient (Wildman–Crippen LogP) is 4.84. The quantitative estimate of drug-likeness (QED) is 0.330. The topological polar surface area (TPSA) is 87.8 Å². The normalized spacial score (nSPS) is 13.6. The van der Waals surface area contributed by atoms with Crippen LogP contribution in [0.1, 0.15) is 40.1 Å². The molecule has 0 bridgehead atoms. The van der Waals surface area contributed by atoms with Gasteiger partial charge in [-0.3, -0.25) is 9.59 Å². The van der Waals surface area contributed by atoms with Gasteiger partial charge in [-0.25, -0.2) is 4.68 Å². The van der Waals surface area contributed by atoms with Gasteiger partial charge in [0.2, 0.25) is 11.7 Å². The van der Waals surface area contributed by atoms with Crippen molar-refractivity contribution in [1.29, 1.82) is 5.26 Å². The second-order valence-electron chi connectivity index (χ2n) is 8.65. The Balaban J connectivity index is 1.53. The Bertz CT molecular complexity index is 1430. The third-order valence-corrected chi connectivity index (χ3v) is 6.45. The van der Waals surface area contributed by atoms with Crippen LogP contribution in [-0.4, -0.2) is 21.5 Å². The van der Waals surface area contributed by atoms with Crippen molar-refractivity contribution in [3.63, 3.8) is 0 Å². The van der Waals surface area contributed by atoms with Crippen LogP contribution in [0.3, 0.4) is 0 Å². The van der Waals surface area contributed by atoms with Crippen LogP contribution in [0.5, 0.6) is 0 Å². The molecule has 0 saturated heterocycles. The van der Waals surface area contributed by atoms with Gasteiger partial charge in [0, 0.05) is 11.1 Å². The molecule has 1 amide bonds. The van der Waals surface area contributed by atoms with Gasteiger partial charge in [0.1, 0.15) is 5.69 Å². The Morgan fingerprint density at radius 3 is 2.31 bits per heavy atom. The summed E-state index contributed by atoms with van der Waals surface area (Å²) in [5, 5.41) is 17.3. The number of fused-ring (bicyclic) bond motifs is 3. The van der Waals surface area contributed by atoms with Crippen LogP contribution in [0, 0.1) is 17.2 Å². The molecule has 1 aliphatic carbocycles. The maximum absolute atomic E-state index is 13.6. The molecule has 6 nitrogen and oxygen atoms in total. The molecule has 4 aromatic rings. The van der Waals surface area contributed by atoms with Crippen LogP contribution >= 0.6 is 0 Å². The summed E-state index contributed by atoms with van der Waals surface area (Å²) in [4.78, 5) is 26.6. The molecule has 2 unspecified atom stereocenters. The van der Waals surface area contributed by atoms with Crippen molar-refractivity contribution in [3.8, 4) is 23.0 Å². The molecule has 5 rings (SSSR count). The molecular formula is C29H24N4O2. The van der Waals surface area contributed by atoms with E-state index in [2.05, 4.69) is 16.5 Å². The zero-order valence-corrected chi connectivity index (χ0v) is 19.3. The standard InChI is InChI=1S/C29H24N4O2/c1-19(20-10-4-2-5-11-20)31-29(35)25(18-30)28(34)26-24-17-16-21-12-8-9-15-23(21)27(24)33(32-26)22-13-6-3-7-14-22/h2-15,19,25H,16-17H2,1H3,(H,31,35). The number of aromatic nitrogens is 2. The van der Waals surface area contributed by atoms with Gasteiger partial charge in [0.15, 0.2) is 5.92 Å². The number of hydrogen-bond donors (Lipinski definition) is 1. The lowest BCUT2D eigenvalue weighted by Crippen LogP contribution is -2.36. The summed E-state index contributed by atoms with van der Waals surface area (Å²) >= 11 is 0. The molecule has 0 spiro atoms. The van der Waals surface area contributed by atoms with Crippen molar-refractivity contribution in [3.05, 3.63) is 107 Å². The molecule has 172 valence electrons. The molecule has 0 fully saturated rings. The van der Waals surface area contributed by atoms with Crippen LogP contribution in [0.2, 0.25) is 0 Å². The van der Waals surface area contributed by atoms with Crippen LogP contribution < -0.4 is 5.32 Å². The van der Waals surface area contributed by atoms with Gasteiger partial charge in [-0.05, 0) is 43.0 Å². The van der Waals surface area contributed by atoms with Crippen molar-refractivity contribution < 1.29 is 9.59 Å². The number of benzene rings is 3. The molecule has 1 aliphatic rings. The maximum atomic E-state index is 13.6. The smallest absolute Gasteiger partial charge is 0.245 e. The summed E-state index contributed by atoms with van der Waals surface area (Å²) in [5.41, 5.74) is 5.72. The van der Waals surface area contributed by atoms with Crippen molar-refractivity contribution in [2.45, 2.75) is 25.8 Å². The zero-order chi connectivity index (χ0) is 24.4. The number of nitriles is 1. The van der Waals surface area contributed by atoms with E-state index in [1.54, 1.807) is 4.68 Å². The molecule has 6 heteroatoms. The van der Waals surface area contributed by atoms with E-state index in [0.717, 1.165) is 34.5 Å². The van der Waals surface area contributed by atoms with E-state index in [1.165, 1.54) is 5.56 Å². The number of amides is 1. The molecular weight excluding hydrogens is 436 g/mol. The number of hydrogen-bond acceptors (Lipinski definition) is 4. The minimum absolute atomic E-state index is 0.187. The Morgan fingerprint density at radius 2 is 1.60 bits per heavy atom. The number of rotatable bonds is 6. The Kier molecular flexibility index (Phi) is 5.99. The van der Waals surface area contributed by atoms with Crippen LogP contribution in [0.15, 0.2) is 84.9 Å². The van der Waals surface area contributed by atoms with Crippen molar-refractivity contribution in [2.75, 3.05) is 0 Å². The summed E-state index contributed by atoms with van der Waals surface area (Å²) in [5.74, 6) is -2.68. The molecule has 0 radical (unpaired) electrons. The number of nitrogens with zero attached hydrogens (tertiary/aromatic N) is 3. The van der Waals surface area contributed by atoms with Gasteiger partial charge in [0.05, 0.1) is 23.5 Å². The predicted molar refractivity (Wildman–Crippen MR) is 133 cm³/mol. The molecule has 0 saturated carbocycles. The molecule has 3 aromatic carbocycles. The van der Waals surface area contributed by atoms with E-state index in [0.29, 0.717) is 6.42 Å². The molecule has 35 heavy (non-hydrogen) atoms. The van der Waals surface area contributed by atoms with E-state index in [1.807, 2.05) is 91.9 Å². The third-order valence-electron chi connectivity index (χ3n) is 6.45. The van der Waals surface area contributed by atoms with Gasteiger partial charge < -0.3 is 5.32 Å². The minimum atomic E-state index is -1.48. The van der Waals surface area contributed by atoms with Gasteiger partial charge in [-0.1, -0.05) is 72.8 Å². The number of carbonyl (C=O) groups is 2. The number of ketones is 1. The molecule has 0 aliphatic heterocycles. The second kappa shape index (κ2) is 9.40. The average Bonchev–Trinajstić information content (AvgIpc) is 3.30. The highest BCUT2D eigenvalue weighted by Gasteiger charge is 2.35. The highest BCUT2D eigenvalue weighted by atomic mass is 16.2. The van der Waals surface area contributed by atoms with E-state index >= 15 is 0 Å². The van der Waals surface area contributed by atoms with Crippen molar-refractivity contribution >= 4 is 11.7 Å². The van der Waals surface area contributed by atoms with Crippen LogP contribution in [0.4, 0.5) is 0 Å². The molecule has 1 N–H and O–H groups in total. The monoisotopic (exact) mass is 460 g/mol. The number of aryl methyl sites for hydroxylation is 1. The van der Waals surface area contributed by atoms with E-state index < -0.39 is 17.6 Å². The maximum Gasteiger partial charge on any atom is 0.245 e. The van der Waals surface area contributed by atoms with Crippen LogP contribution in [-0.2, 0) is 17.6 Å². The number of Topliss-reactive ketones (excluding diaryl/α,β-unsaturated/α-hetero) is 1. The van der Waals surface area contributed by atoms with Gasteiger partial charge in [-0.2, -0.15) is 10.4 Å². The van der Waals surface area contributed by atoms with E-state index in [4.69, 9.17) is 0 Å². The minimum Gasteiger partial charge on any atom is -0.348 e. The average molecular weight is 461 g/mol. The number of nitrogens with one attached hydrogen (secondary N) is 1. The molecule has 1 heterocycles.